The molecule has 3 aromatic rings. The van der Waals surface area contributed by atoms with Crippen molar-refractivity contribution < 1.29 is 27.2 Å². The molecule has 0 saturated heterocycles. The zero-order valence-electron chi connectivity index (χ0n) is 22.4. The predicted molar refractivity (Wildman–Crippen MR) is 157 cm³/mol. The van der Waals surface area contributed by atoms with Gasteiger partial charge in [0, 0.05) is 18.5 Å². The third-order valence-corrected chi connectivity index (χ3v) is 8.42. The molecule has 12 nitrogen and oxygen atoms in total. The van der Waals surface area contributed by atoms with Gasteiger partial charge in [-0.15, -0.1) is 0 Å². The van der Waals surface area contributed by atoms with E-state index in [1.165, 1.54) is 23.3 Å². The number of nitrogens with two attached hydrogens (primary N) is 1. The van der Waals surface area contributed by atoms with E-state index in [1.807, 2.05) is 24.3 Å². The highest BCUT2D eigenvalue weighted by atomic mass is 32.2. The van der Waals surface area contributed by atoms with Crippen molar-refractivity contribution in [3.8, 4) is 0 Å². The van der Waals surface area contributed by atoms with Crippen LogP contribution in [0.1, 0.15) is 29.7 Å². The first kappa shape index (κ1) is 29.2. The number of rotatable bonds is 11. The molecule has 3 heterocycles. The lowest BCUT2D eigenvalue weighted by molar-refractivity contribution is -0.125. The third kappa shape index (κ3) is 6.95. The Morgan fingerprint density at radius 2 is 1.81 bits per heavy atom. The van der Waals surface area contributed by atoms with E-state index in [-0.39, 0.29) is 47.8 Å². The maximum Gasteiger partial charge on any atom is 0.259 e. The maximum atomic E-state index is 13.4. The molecule has 14 heteroatoms. The number of thioether (sulfide) groups is 1. The Bertz CT molecular complexity index is 1650. The lowest BCUT2D eigenvalue weighted by Crippen LogP contribution is -2.42. The number of hydrogen-bond donors (Lipinski definition) is 3. The fourth-order valence-electron chi connectivity index (χ4n) is 4.42. The molecule has 2 aromatic carbocycles. The van der Waals surface area contributed by atoms with Crippen LogP contribution in [0.25, 0.3) is 0 Å². The average Bonchev–Trinajstić information content (AvgIpc) is 3.61. The van der Waals surface area contributed by atoms with Crippen molar-refractivity contribution >= 4 is 56.2 Å². The summed E-state index contributed by atoms with van der Waals surface area (Å²) >= 11 is 1.13. The molecule has 218 valence electrons. The minimum Gasteiger partial charge on any atom is -0.467 e. The Morgan fingerprint density at radius 1 is 1.02 bits per heavy atom. The molecule has 2 aliphatic heterocycles. The van der Waals surface area contributed by atoms with Gasteiger partial charge in [-0.25, -0.2) is 23.4 Å². The standard InChI is InChI=1S/C28H28N6O6S2/c29-42(38,39)20-9-7-18(8-10-20)13-14-30-25(36)17-41-28-33-22-6-2-1-5-21(22)26-32-23(27(37)34(26)28)11-12-24(35)31-16-19-4-3-15-40-19/h1-10,15,23H,11-14,16-17H2,(H,30,36)(H,31,35)(H2,29,38,39)/t23-/m0/s1. The molecule has 0 spiro atoms. The van der Waals surface area contributed by atoms with Crippen molar-refractivity contribution in [3.63, 3.8) is 0 Å². The maximum absolute atomic E-state index is 13.4. The summed E-state index contributed by atoms with van der Waals surface area (Å²) in [5.74, 6) is 0.338. The lowest BCUT2D eigenvalue weighted by atomic mass is 10.1. The van der Waals surface area contributed by atoms with E-state index in [2.05, 4.69) is 20.6 Å². The molecule has 2 aliphatic rings. The van der Waals surface area contributed by atoms with Crippen LogP contribution in [0.4, 0.5) is 5.69 Å². The van der Waals surface area contributed by atoms with Gasteiger partial charge in [-0.05, 0) is 54.8 Å². The van der Waals surface area contributed by atoms with E-state index in [9.17, 15) is 22.8 Å². The smallest absolute Gasteiger partial charge is 0.259 e. The first-order valence-corrected chi connectivity index (χ1v) is 15.6. The number of hydrogen-bond acceptors (Lipinski definition) is 9. The van der Waals surface area contributed by atoms with Gasteiger partial charge in [0.05, 0.1) is 29.1 Å². The highest BCUT2D eigenvalue weighted by Gasteiger charge is 2.41. The molecule has 42 heavy (non-hydrogen) atoms. The fourth-order valence-corrected chi connectivity index (χ4v) is 5.76. The summed E-state index contributed by atoms with van der Waals surface area (Å²) in [4.78, 5) is 49.1. The molecular formula is C28H28N6O6S2. The van der Waals surface area contributed by atoms with Crippen LogP contribution in [0.2, 0.25) is 0 Å². The second kappa shape index (κ2) is 12.7. The van der Waals surface area contributed by atoms with E-state index in [1.54, 1.807) is 24.3 Å². The van der Waals surface area contributed by atoms with E-state index >= 15 is 0 Å². The van der Waals surface area contributed by atoms with Crippen molar-refractivity contribution in [1.82, 2.24) is 15.5 Å². The summed E-state index contributed by atoms with van der Waals surface area (Å²) in [6.45, 7) is 0.599. The summed E-state index contributed by atoms with van der Waals surface area (Å²) < 4.78 is 28.0. The number of amidine groups is 2. The summed E-state index contributed by atoms with van der Waals surface area (Å²) in [7, 11) is -3.76. The number of nitrogens with zero attached hydrogens (tertiary/aromatic N) is 3. The van der Waals surface area contributed by atoms with Gasteiger partial charge in [-0.2, -0.15) is 0 Å². The lowest BCUT2D eigenvalue weighted by Gasteiger charge is -2.25. The number of fused-ring (bicyclic) bond motifs is 3. The van der Waals surface area contributed by atoms with Gasteiger partial charge in [0.1, 0.15) is 17.6 Å². The number of amides is 3. The number of primary sulfonamides is 1. The first-order valence-electron chi connectivity index (χ1n) is 13.1. The minimum atomic E-state index is -3.76. The first-order chi connectivity index (χ1) is 20.2. The summed E-state index contributed by atoms with van der Waals surface area (Å²) in [5.41, 5.74) is 2.19. The van der Waals surface area contributed by atoms with Gasteiger partial charge in [-0.3, -0.25) is 19.4 Å². The summed E-state index contributed by atoms with van der Waals surface area (Å²) in [6.07, 6.45) is 2.36. The third-order valence-electron chi connectivity index (χ3n) is 6.55. The van der Waals surface area contributed by atoms with Gasteiger partial charge in [0.15, 0.2) is 5.17 Å². The molecule has 0 bridgehead atoms. The quantitative estimate of drug-likeness (QED) is 0.298. The normalized spacial score (nSPS) is 15.9. The minimum absolute atomic E-state index is 0.0161. The largest absolute Gasteiger partial charge is 0.467 e. The molecule has 0 saturated carbocycles. The SMILES string of the molecule is NS(=O)(=O)c1ccc(CCNC(=O)CSC2=Nc3ccccc3C3=N[C@@H](CCC(=O)NCc4ccco4)C(=O)N23)cc1. The molecule has 3 amide bonds. The number of furan rings is 1. The van der Waals surface area contributed by atoms with Crippen molar-refractivity contribution in [3.05, 3.63) is 83.8 Å². The fraction of sp³-hybridized carbons (Fsp3) is 0.250. The number of carbonyl (C=O) groups is 3. The van der Waals surface area contributed by atoms with Crippen LogP contribution in [0, 0.1) is 0 Å². The van der Waals surface area contributed by atoms with E-state index in [0.29, 0.717) is 41.0 Å². The summed E-state index contributed by atoms with van der Waals surface area (Å²) in [6, 6.07) is 16.2. The second-order valence-electron chi connectivity index (χ2n) is 9.53. The number of para-hydroxylation sites is 1. The van der Waals surface area contributed by atoms with Gasteiger partial charge in [0.2, 0.25) is 21.8 Å². The molecule has 5 rings (SSSR count). The predicted octanol–water partition coefficient (Wildman–Crippen LogP) is 2.07. The number of carbonyl (C=O) groups excluding carboxylic acids is 3. The molecule has 4 N–H and O–H groups in total. The molecule has 0 radical (unpaired) electrons. The van der Waals surface area contributed by atoms with Crippen molar-refractivity contribution in [2.75, 3.05) is 12.3 Å². The monoisotopic (exact) mass is 608 g/mol. The number of aliphatic imine (C=N–C) groups is 2. The molecule has 1 aromatic heterocycles. The van der Waals surface area contributed by atoms with E-state index < -0.39 is 16.1 Å². The molecule has 0 unspecified atom stereocenters. The van der Waals surface area contributed by atoms with Gasteiger partial charge >= 0.3 is 0 Å². The average molecular weight is 609 g/mol. The van der Waals surface area contributed by atoms with Gasteiger partial charge in [0.25, 0.3) is 5.91 Å². The van der Waals surface area contributed by atoms with Gasteiger partial charge in [-0.1, -0.05) is 36.0 Å². The Balaban J connectivity index is 1.16. The zero-order valence-corrected chi connectivity index (χ0v) is 24.0. The Morgan fingerprint density at radius 3 is 2.55 bits per heavy atom. The summed E-state index contributed by atoms with van der Waals surface area (Å²) in [5, 5.41) is 11.1. The van der Waals surface area contributed by atoms with Crippen LogP contribution in [-0.2, 0) is 37.4 Å². The molecular weight excluding hydrogens is 580 g/mol. The van der Waals surface area contributed by atoms with Crippen molar-refractivity contribution in [1.29, 1.82) is 0 Å². The molecule has 0 fully saturated rings. The van der Waals surface area contributed by atoms with Crippen LogP contribution < -0.4 is 15.8 Å². The Hall–Kier alpha value is -4.27. The second-order valence-corrected chi connectivity index (χ2v) is 12.0. The highest BCUT2D eigenvalue weighted by molar-refractivity contribution is 8.14. The number of sulfonamides is 1. The molecule has 1 atom stereocenters. The van der Waals surface area contributed by atoms with Crippen molar-refractivity contribution in [2.24, 2.45) is 15.1 Å². The topological polar surface area (TPSA) is 177 Å². The van der Waals surface area contributed by atoms with E-state index in [4.69, 9.17) is 9.56 Å². The Labute approximate surface area is 246 Å². The van der Waals surface area contributed by atoms with Crippen molar-refractivity contribution in [2.45, 2.75) is 36.7 Å². The highest BCUT2D eigenvalue weighted by Crippen LogP contribution is 2.34. The van der Waals surface area contributed by atoms with E-state index in [0.717, 1.165) is 17.3 Å². The van der Waals surface area contributed by atoms with Gasteiger partial charge < -0.3 is 15.1 Å². The molecule has 0 aliphatic carbocycles. The van der Waals surface area contributed by atoms with Crippen LogP contribution >= 0.6 is 11.8 Å². The number of nitrogens with one attached hydrogen (secondary N) is 2. The number of benzene rings is 2. The van der Waals surface area contributed by atoms with Crippen LogP contribution in [0.3, 0.4) is 0 Å². The van der Waals surface area contributed by atoms with Crippen LogP contribution in [-0.4, -0.2) is 60.4 Å². The van der Waals surface area contributed by atoms with Crippen LogP contribution in [0.5, 0.6) is 0 Å². The zero-order chi connectivity index (χ0) is 29.7. The Kier molecular flexibility index (Phi) is 8.85. The van der Waals surface area contributed by atoms with Crippen LogP contribution in [0.15, 0.2) is 86.2 Å².